The first kappa shape index (κ1) is 13.3. The summed E-state index contributed by atoms with van der Waals surface area (Å²) in [5, 5.41) is 0.0232. The summed E-state index contributed by atoms with van der Waals surface area (Å²) in [5.41, 5.74) is 0.514. The fourth-order valence-corrected chi connectivity index (χ4v) is 1.81. The second-order valence-corrected chi connectivity index (χ2v) is 4.81. The van der Waals surface area contributed by atoms with Crippen molar-refractivity contribution < 1.29 is 13.5 Å². The van der Waals surface area contributed by atoms with Crippen LogP contribution in [0.2, 0.25) is 5.02 Å². The van der Waals surface area contributed by atoms with Crippen LogP contribution in [0.4, 0.5) is 8.78 Å². The van der Waals surface area contributed by atoms with Crippen LogP contribution in [-0.4, -0.2) is 0 Å². The summed E-state index contributed by atoms with van der Waals surface area (Å²) in [4.78, 5) is 0. The molecule has 0 spiro atoms. The normalized spacial score (nSPS) is 10.4. The van der Waals surface area contributed by atoms with E-state index in [2.05, 4.69) is 15.9 Å². The summed E-state index contributed by atoms with van der Waals surface area (Å²) in [6, 6.07) is 8.86. The number of rotatable bonds is 3. The van der Waals surface area contributed by atoms with Gasteiger partial charge in [-0.3, -0.25) is 0 Å². The van der Waals surface area contributed by atoms with Crippen molar-refractivity contribution in [3.8, 4) is 5.75 Å². The third-order valence-electron chi connectivity index (χ3n) is 2.32. The van der Waals surface area contributed by atoms with Crippen LogP contribution in [-0.2, 0) is 6.61 Å². The van der Waals surface area contributed by atoms with Gasteiger partial charge in [-0.25, -0.2) is 8.78 Å². The van der Waals surface area contributed by atoms with Gasteiger partial charge in [-0.05, 0) is 34.1 Å². The lowest BCUT2D eigenvalue weighted by molar-refractivity contribution is 0.304. The van der Waals surface area contributed by atoms with Gasteiger partial charge in [0.2, 0.25) is 0 Å². The molecule has 0 bridgehead atoms. The molecule has 0 aliphatic heterocycles. The van der Waals surface area contributed by atoms with Gasteiger partial charge in [-0.2, -0.15) is 0 Å². The summed E-state index contributed by atoms with van der Waals surface area (Å²) in [6.45, 7) is 0.0810. The minimum atomic E-state index is -0.500. The number of benzene rings is 2. The van der Waals surface area contributed by atoms with Crippen molar-refractivity contribution in [2.45, 2.75) is 6.61 Å². The van der Waals surface area contributed by atoms with E-state index in [0.717, 1.165) is 0 Å². The predicted molar refractivity (Wildman–Crippen MR) is 69.8 cm³/mol. The Morgan fingerprint density at radius 2 is 1.89 bits per heavy atom. The number of hydrogen-bond donors (Lipinski definition) is 0. The predicted octanol–water partition coefficient (Wildman–Crippen LogP) is 4.96. The van der Waals surface area contributed by atoms with E-state index in [1.807, 2.05) is 0 Å². The standard InChI is InChI=1S/C13H8BrClF2O/c14-10-5-4-9(6-12(10)17)18-7-8-2-1-3-11(16)13(8)15/h1-6H,7H2. The molecule has 0 radical (unpaired) electrons. The topological polar surface area (TPSA) is 9.23 Å². The molecule has 0 unspecified atom stereocenters. The van der Waals surface area contributed by atoms with Crippen molar-refractivity contribution in [1.29, 1.82) is 0 Å². The Bertz CT molecular complexity index is 575. The van der Waals surface area contributed by atoms with E-state index in [0.29, 0.717) is 15.8 Å². The van der Waals surface area contributed by atoms with E-state index >= 15 is 0 Å². The number of ether oxygens (including phenoxy) is 1. The van der Waals surface area contributed by atoms with Crippen LogP contribution in [0.15, 0.2) is 40.9 Å². The van der Waals surface area contributed by atoms with Crippen molar-refractivity contribution in [2.75, 3.05) is 0 Å². The van der Waals surface area contributed by atoms with Crippen LogP contribution in [0, 0.1) is 11.6 Å². The average Bonchev–Trinajstić information content (AvgIpc) is 2.35. The summed E-state index contributed by atoms with van der Waals surface area (Å²) < 4.78 is 32.1. The van der Waals surface area contributed by atoms with E-state index in [-0.39, 0.29) is 11.6 Å². The molecule has 0 aliphatic rings. The molecule has 2 rings (SSSR count). The van der Waals surface area contributed by atoms with Crippen LogP contribution in [0.3, 0.4) is 0 Å². The second kappa shape index (κ2) is 5.67. The highest BCUT2D eigenvalue weighted by molar-refractivity contribution is 9.10. The fourth-order valence-electron chi connectivity index (χ4n) is 1.39. The molecule has 0 fully saturated rings. The number of halogens is 4. The molecule has 1 nitrogen and oxygen atoms in total. The first-order valence-corrected chi connectivity index (χ1v) is 6.26. The van der Waals surface area contributed by atoms with Crippen LogP contribution in [0.25, 0.3) is 0 Å². The summed E-state index contributed by atoms with van der Waals surface area (Å²) in [7, 11) is 0. The van der Waals surface area contributed by atoms with Gasteiger partial charge < -0.3 is 4.74 Å². The maximum Gasteiger partial charge on any atom is 0.142 e. The minimum Gasteiger partial charge on any atom is -0.489 e. The van der Waals surface area contributed by atoms with Crippen LogP contribution >= 0.6 is 27.5 Å². The Hall–Kier alpha value is -1.13. The molecule has 0 atom stereocenters. The molecule has 0 aromatic heterocycles. The molecule has 0 aliphatic carbocycles. The zero-order valence-corrected chi connectivity index (χ0v) is 11.4. The molecule has 0 heterocycles. The van der Waals surface area contributed by atoms with Crippen molar-refractivity contribution in [1.82, 2.24) is 0 Å². The first-order chi connectivity index (χ1) is 8.58. The maximum absolute atomic E-state index is 13.2. The smallest absolute Gasteiger partial charge is 0.142 e. The van der Waals surface area contributed by atoms with E-state index in [1.54, 1.807) is 18.2 Å². The van der Waals surface area contributed by atoms with Crippen molar-refractivity contribution >= 4 is 27.5 Å². The fraction of sp³-hybridized carbons (Fsp3) is 0.0769. The summed E-state index contributed by atoms with van der Waals surface area (Å²) >= 11 is 8.82. The Balaban J connectivity index is 2.11. The van der Waals surface area contributed by atoms with E-state index in [9.17, 15) is 8.78 Å². The molecule has 0 amide bonds. The minimum absolute atomic E-state index is 0.0232. The Kier molecular flexibility index (Phi) is 4.19. The first-order valence-electron chi connectivity index (χ1n) is 5.08. The van der Waals surface area contributed by atoms with Gasteiger partial charge in [-0.15, -0.1) is 0 Å². The van der Waals surface area contributed by atoms with Crippen molar-refractivity contribution in [2.24, 2.45) is 0 Å². The van der Waals surface area contributed by atoms with Gasteiger partial charge in [0.25, 0.3) is 0 Å². The molecular weight excluding hydrogens is 325 g/mol. The SMILES string of the molecule is Fc1cc(OCc2cccc(F)c2Cl)ccc1Br. The van der Waals surface area contributed by atoms with Gasteiger partial charge in [-0.1, -0.05) is 23.7 Å². The third kappa shape index (κ3) is 3.00. The van der Waals surface area contributed by atoms with E-state index < -0.39 is 11.6 Å². The molecule has 0 saturated heterocycles. The van der Waals surface area contributed by atoms with Crippen LogP contribution in [0.1, 0.15) is 5.56 Å². The quantitative estimate of drug-likeness (QED) is 0.771. The van der Waals surface area contributed by atoms with Gasteiger partial charge in [0.05, 0.1) is 9.50 Å². The average molecular weight is 334 g/mol. The zero-order chi connectivity index (χ0) is 13.1. The van der Waals surface area contributed by atoms with Gasteiger partial charge >= 0.3 is 0 Å². The van der Waals surface area contributed by atoms with Gasteiger partial charge in [0.1, 0.15) is 24.0 Å². The largest absolute Gasteiger partial charge is 0.489 e. The van der Waals surface area contributed by atoms with Crippen LogP contribution < -0.4 is 4.74 Å². The summed E-state index contributed by atoms with van der Waals surface area (Å²) in [5.74, 6) is -0.561. The lowest BCUT2D eigenvalue weighted by Gasteiger charge is -2.08. The lowest BCUT2D eigenvalue weighted by Crippen LogP contribution is -1.98. The van der Waals surface area contributed by atoms with E-state index in [1.165, 1.54) is 18.2 Å². The molecular formula is C13H8BrClF2O. The number of hydrogen-bond acceptors (Lipinski definition) is 1. The molecule has 18 heavy (non-hydrogen) atoms. The Labute approximate surface area is 116 Å². The molecule has 94 valence electrons. The zero-order valence-electron chi connectivity index (χ0n) is 9.09. The highest BCUT2D eigenvalue weighted by atomic mass is 79.9. The third-order valence-corrected chi connectivity index (χ3v) is 3.38. The van der Waals surface area contributed by atoms with Gasteiger partial charge in [0.15, 0.2) is 0 Å². The molecule has 5 heteroatoms. The van der Waals surface area contributed by atoms with E-state index in [4.69, 9.17) is 16.3 Å². The lowest BCUT2D eigenvalue weighted by atomic mass is 10.2. The molecule has 0 N–H and O–H groups in total. The molecule has 2 aromatic rings. The Morgan fingerprint density at radius 3 is 2.61 bits per heavy atom. The van der Waals surface area contributed by atoms with Crippen LogP contribution in [0.5, 0.6) is 5.75 Å². The van der Waals surface area contributed by atoms with Crippen molar-refractivity contribution in [3.63, 3.8) is 0 Å². The summed E-state index contributed by atoms with van der Waals surface area (Å²) in [6.07, 6.45) is 0. The monoisotopic (exact) mass is 332 g/mol. The van der Waals surface area contributed by atoms with Gasteiger partial charge in [0, 0.05) is 11.6 Å². The molecule has 0 saturated carbocycles. The highest BCUT2D eigenvalue weighted by Crippen LogP contribution is 2.24. The Morgan fingerprint density at radius 1 is 1.11 bits per heavy atom. The maximum atomic E-state index is 13.2. The van der Waals surface area contributed by atoms with Crippen molar-refractivity contribution in [3.05, 3.63) is 63.1 Å². The molecule has 2 aromatic carbocycles. The second-order valence-electron chi connectivity index (χ2n) is 3.58. The highest BCUT2D eigenvalue weighted by Gasteiger charge is 2.07.